The highest BCUT2D eigenvalue weighted by Gasteiger charge is 2.19. The van der Waals surface area contributed by atoms with Gasteiger partial charge in [-0.1, -0.05) is 78.9 Å². The van der Waals surface area contributed by atoms with E-state index in [-0.39, 0.29) is 18.2 Å². The maximum atomic E-state index is 13.2. The fraction of sp³-hybridized carbons (Fsp3) is 0.111. The van der Waals surface area contributed by atoms with E-state index in [0.29, 0.717) is 29.1 Å². The first-order valence-electron chi connectivity index (χ1n) is 11.1. The molecule has 0 spiro atoms. The smallest absolute Gasteiger partial charge is 0.259 e. The zero-order valence-electron chi connectivity index (χ0n) is 19.1. The molecule has 0 bridgehead atoms. The van der Waals surface area contributed by atoms with Gasteiger partial charge in [0, 0.05) is 24.0 Å². The number of anilines is 1. The van der Waals surface area contributed by atoms with E-state index in [2.05, 4.69) is 16.6 Å². The Morgan fingerprint density at radius 1 is 0.914 bits per heavy atom. The molecule has 8 heteroatoms. The molecule has 3 aromatic carbocycles. The average molecular weight is 487 g/mol. The van der Waals surface area contributed by atoms with Gasteiger partial charge >= 0.3 is 0 Å². The Labute approximate surface area is 205 Å². The lowest BCUT2D eigenvalue weighted by molar-refractivity contribution is 0.102. The number of carbonyl (C=O) groups excluding carboxylic acids is 1. The summed E-state index contributed by atoms with van der Waals surface area (Å²) in [5.41, 5.74) is 4.14. The van der Waals surface area contributed by atoms with Crippen LogP contribution in [0.2, 0.25) is 0 Å². The summed E-state index contributed by atoms with van der Waals surface area (Å²) < 4.78 is 28.4. The molecule has 0 unspecified atom stereocenters. The first kappa shape index (κ1) is 24.1. The lowest BCUT2D eigenvalue weighted by Crippen LogP contribution is -2.25. The van der Waals surface area contributed by atoms with Crippen molar-refractivity contribution in [3.05, 3.63) is 120 Å². The summed E-state index contributed by atoms with van der Waals surface area (Å²) in [7, 11) is -3.45. The van der Waals surface area contributed by atoms with Gasteiger partial charge in [0.15, 0.2) is 0 Å². The van der Waals surface area contributed by atoms with E-state index >= 15 is 0 Å². The Hall–Kier alpha value is -4.01. The van der Waals surface area contributed by atoms with E-state index < -0.39 is 10.0 Å². The summed E-state index contributed by atoms with van der Waals surface area (Å²) in [4.78, 5) is 13.2. The molecule has 0 aliphatic carbocycles. The zero-order chi connectivity index (χ0) is 24.7. The minimum Gasteiger partial charge on any atom is -0.322 e. The molecule has 0 atom stereocenters. The topological polar surface area (TPSA) is 93.1 Å². The maximum Gasteiger partial charge on any atom is 0.259 e. The minimum atomic E-state index is -3.45. The number of hydrogen-bond donors (Lipinski definition) is 2. The Morgan fingerprint density at radius 3 is 2.23 bits per heavy atom. The number of sulfonamides is 1. The monoisotopic (exact) mass is 486 g/mol. The number of hydrogen-bond acceptors (Lipinski definition) is 4. The highest BCUT2D eigenvalue weighted by atomic mass is 32.2. The van der Waals surface area contributed by atoms with Crippen molar-refractivity contribution in [2.24, 2.45) is 0 Å². The molecule has 1 heterocycles. The summed E-state index contributed by atoms with van der Waals surface area (Å²) in [6, 6.07) is 26.2. The van der Waals surface area contributed by atoms with Crippen LogP contribution in [-0.2, 0) is 22.3 Å². The standard InChI is InChI=1S/C27H26N4O3S/c1-2-17-28-35(33,34)20-22-13-15-24(16-14-22)29-27(32)25-19-31(18-21-9-5-3-6-10-21)30-26(25)23-11-7-4-8-12-23/h2-16,19,28H,1,17-18,20H2,(H,29,32). The fourth-order valence-electron chi connectivity index (χ4n) is 3.59. The molecule has 4 aromatic rings. The summed E-state index contributed by atoms with van der Waals surface area (Å²) in [5, 5.41) is 7.59. The maximum absolute atomic E-state index is 13.2. The predicted molar refractivity (Wildman–Crippen MR) is 138 cm³/mol. The number of nitrogens with zero attached hydrogens (tertiary/aromatic N) is 2. The zero-order valence-corrected chi connectivity index (χ0v) is 19.9. The highest BCUT2D eigenvalue weighted by molar-refractivity contribution is 7.88. The quantitative estimate of drug-likeness (QED) is 0.324. The van der Waals surface area contributed by atoms with E-state index in [1.165, 1.54) is 6.08 Å². The van der Waals surface area contributed by atoms with Crippen LogP contribution in [0.15, 0.2) is 104 Å². The van der Waals surface area contributed by atoms with Gasteiger partial charge in [-0.3, -0.25) is 9.48 Å². The van der Waals surface area contributed by atoms with Crippen molar-refractivity contribution in [2.45, 2.75) is 12.3 Å². The minimum absolute atomic E-state index is 0.153. The van der Waals surface area contributed by atoms with E-state index in [0.717, 1.165) is 11.1 Å². The van der Waals surface area contributed by atoms with Crippen LogP contribution < -0.4 is 10.0 Å². The number of benzene rings is 3. The molecule has 1 aromatic heterocycles. The molecule has 7 nitrogen and oxygen atoms in total. The van der Waals surface area contributed by atoms with E-state index in [4.69, 9.17) is 5.10 Å². The molecular formula is C27H26N4O3S. The number of nitrogens with one attached hydrogen (secondary N) is 2. The molecule has 0 saturated carbocycles. The van der Waals surface area contributed by atoms with Gasteiger partial charge < -0.3 is 5.32 Å². The van der Waals surface area contributed by atoms with Crippen molar-refractivity contribution in [1.82, 2.24) is 14.5 Å². The van der Waals surface area contributed by atoms with Crippen LogP contribution in [0.25, 0.3) is 11.3 Å². The van der Waals surface area contributed by atoms with Crippen molar-refractivity contribution in [3.63, 3.8) is 0 Å². The molecule has 35 heavy (non-hydrogen) atoms. The number of carbonyl (C=O) groups is 1. The second-order valence-electron chi connectivity index (χ2n) is 7.99. The highest BCUT2D eigenvalue weighted by Crippen LogP contribution is 2.24. The normalized spacial score (nSPS) is 11.2. The van der Waals surface area contributed by atoms with E-state index in [1.54, 1.807) is 35.1 Å². The number of aromatic nitrogens is 2. The van der Waals surface area contributed by atoms with Gasteiger partial charge in [-0.25, -0.2) is 13.1 Å². The van der Waals surface area contributed by atoms with Gasteiger partial charge in [0.1, 0.15) is 5.69 Å². The van der Waals surface area contributed by atoms with Crippen LogP contribution in [-0.4, -0.2) is 30.7 Å². The van der Waals surface area contributed by atoms with E-state index in [9.17, 15) is 13.2 Å². The lowest BCUT2D eigenvalue weighted by Gasteiger charge is -2.08. The number of rotatable bonds is 10. The molecule has 0 aliphatic rings. The third-order valence-corrected chi connectivity index (χ3v) is 6.58. The van der Waals surface area contributed by atoms with Crippen LogP contribution in [0.4, 0.5) is 5.69 Å². The molecule has 1 amide bonds. The predicted octanol–water partition coefficient (Wildman–Crippen LogP) is 4.46. The van der Waals surface area contributed by atoms with Crippen molar-refractivity contribution >= 4 is 21.6 Å². The summed E-state index contributed by atoms with van der Waals surface area (Å²) in [6.07, 6.45) is 3.23. The average Bonchev–Trinajstić information content (AvgIpc) is 3.29. The first-order chi connectivity index (χ1) is 16.9. The van der Waals surface area contributed by atoms with Gasteiger partial charge in [-0.15, -0.1) is 6.58 Å². The van der Waals surface area contributed by atoms with Gasteiger partial charge in [-0.2, -0.15) is 5.10 Å². The molecule has 178 valence electrons. The van der Waals surface area contributed by atoms with Gasteiger partial charge in [0.05, 0.1) is 17.9 Å². The molecule has 4 rings (SSSR count). The van der Waals surface area contributed by atoms with Crippen molar-refractivity contribution in [1.29, 1.82) is 0 Å². The molecule has 0 fully saturated rings. The van der Waals surface area contributed by atoms with Crippen LogP contribution in [0.1, 0.15) is 21.5 Å². The molecule has 0 saturated heterocycles. The Morgan fingerprint density at radius 2 is 1.57 bits per heavy atom. The van der Waals surface area contributed by atoms with Crippen molar-refractivity contribution in [2.75, 3.05) is 11.9 Å². The largest absolute Gasteiger partial charge is 0.322 e. The summed E-state index contributed by atoms with van der Waals surface area (Å²) in [5.74, 6) is -0.448. The Kier molecular flexibility index (Phi) is 7.54. The Balaban J connectivity index is 1.54. The molecule has 2 N–H and O–H groups in total. The SMILES string of the molecule is C=CCNS(=O)(=O)Cc1ccc(NC(=O)c2cn(Cc3ccccc3)nc2-c2ccccc2)cc1. The Bertz CT molecular complexity index is 1400. The van der Waals surface area contributed by atoms with Crippen molar-refractivity contribution in [3.8, 4) is 11.3 Å². The molecule has 0 aliphatic heterocycles. The number of amides is 1. The third-order valence-electron chi connectivity index (χ3n) is 5.26. The second kappa shape index (κ2) is 10.9. The van der Waals surface area contributed by atoms with Crippen LogP contribution in [0, 0.1) is 0 Å². The second-order valence-corrected chi connectivity index (χ2v) is 9.79. The van der Waals surface area contributed by atoms with Gasteiger partial charge in [0.2, 0.25) is 10.0 Å². The van der Waals surface area contributed by atoms with Crippen LogP contribution in [0.3, 0.4) is 0 Å². The van der Waals surface area contributed by atoms with E-state index in [1.807, 2.05) is 60.7 Å². The fourth-order valence-corrected chi connectivity index (χ4v) is 4.69. The lowest BCUT2D eigenvalue weighted by atomic mass is 10.1. The molecule has 0 radical (unpaired) electrons. The third kappa shape index (κ3) is 6.53. The van der Waals surface area contributed by atoms with Crippen molar-refractivity contribution < 1.29 is 13.2 Å². The summed E-state index contributed by atoms with van der Waals surface area (Å²) in [6.45, 7) is 4.23. The summed E-state index contributed by atoms with van der Waals surface area (Å²) >= 11 is 0. The van der Waals surface area contributed by atoms with Gasteiger partial charge in [-0.05, 0) is 23.3 Å². The van der Waals surface area contributed by atoms with Crippen LogP contribution >= 0.6 is 0 Å². The van der Waals surface area contributed by atoms with Crippen LogP contribution in [0.5, 0.6) is 0 Å². The van der Waals surface area contributed by atoms with Gasteiger partial charge in [0.25, 0.3) is 5.91 Å². The first-order valence-corrected chi connectivity index (χ1v) is 12.7. The molecular weight excluding hydrogens is 460 g/mol.